The molecule has 4 N–H and O–H groups in total. The minimum atomic E-state index is -3.00. The third-order valence-electron chi connectivity index (χ3n) is 3.01. The van der Waals surface area contributed by atoms with E-state index in [2.05, 4.69) is 15.4 Å². The van der Waals surface area contributed by atoms with Crippen LogP contribution in [-0.4, -0.2) is 25.0 Å². The highest BCUT2D eigenvalue weighted by Gasteiger charge is 2.12. The van der Waals surface area contributed by atoms with Gasteiger partial charge in [-0.3, -0.25) is 9.59 Å². The van der Waals surface area contributed by atoms with Gasteiger partial charge in [-0.25, -0.2) is 0 Å². The summed E-state index contributed by atoms with van der Waals surface area (Å²) in [6.45, 7) is -3.18. The zero-order valence-corrected chi connectivity index (χ0v) is 12.5. The molecule has 8 heteroatoms. The van der Waals surface area contributed by atoms with Gasteiger partial charge in [0, 0.05) is 5.69 Å². The minimum absolute atomic E-state index is 0.118. The van der Waals surface area contributed by atoms with Crippen molar-refractivity contribution in [3.63, 3.8) is 0 Å². The van der Waals surface area contributed by atoms with Crippen LogP contribution in [0, 0.1) is 0 Å². The van der Waals surface area contributed by atoms with Crippen LogP contribution in [0.4, 0.5) is 20.2 Å². The van der Waals surface area contributed by atoms with Gasteiger partial charge in [-0.1, -0.05) is 24.3 Å². The summed E-state index contributed by atoms with van der Waals surface area (Å²) in [5.74, 6) is -1.27. The number of alkyl halides is 2. The topological polar surface area (TPSA) is 93.5 Å². The number of halogens is 2. The average Bonchev–Trinajstić information content (AvgIpc) is 2.54. The number of para-hydroxylation sites is 3. The number of anilines is 2. The van der Waals surface area contributed by atoms with Gasteiger partial charge in [0.25, 0.3) is 5.91 Å². The molecule has 2 aromatic carbocycles. The van der Waals surface area contributed by atoms with E-state index in [1.54, 1.807) is 24.3 Å². The lowest BCUT2D eigenvalue weighted by atomic mass is 10.1. The molecule has 2 amide bonds. The molecule has 2 rings (SSSR count). The van der Waals surface area contributed by atoms with Crippen LogP contribution in [0.3, 0.4) is 0 Å². The first kappa shape index (κ1) is 17.2. The van der Waals surface area contributed by atoms with Crippen LogP contribution in [0.1, 0.15) is 10.4 Å². The van der Waals surface area contributed by atoms with E-state index in [1.165, 1.54) is 24.3 Å². The van der Waals surface area contributed by atoms with Gasteiger partial charge in [-0.2, -0.15) is 8.78 Å². The van der Waals surface area contributed by atoms with E-state index in [0.29, 0.717) is 5.69 Å². The van der Waals surface area contributed by atoms with Gasteiger partial charge in [0.05, 0.1) is 17.8 Å². The fourth-order valence-corrected chi connectivity index (χ4v) is 1.99. The molecule has 0 spiro atoms. The van der Waals surface area contributed by atoms with Crippen LogP contribution < -0.4 is 21.1 Å². The molecule has 0 saturated carbocycles. The summed E-state index contributed by atoms with van der Waals surface area (Å²) in [7, 11) is 0. The quantitative estimate of drug-likeness (QED) is 0.724. The highest BCUT2D eigenvalue weighted by atomic mass is 19.3. The van der Waals surface area contributed by atoms with Gasteiger partial charge < -0.3 is 21.1 Å². The van der Waals surface area contributed by atoms with Crippen molar-refractivity contribution in [3.8, 4) is 5.75 Å². The summed E-state index contributed by atoms with van der Waals surface area (Å²) in [6.07, 6.45) is 0. The zero-order valence-electron chi connectivity index (χ0n) is 12.5. The molecule has 0 bridgehead atoms. The second-order valence-electron chi connectivity index (χ2n) is 4.69. The van der Waals surface area contributed by atoms with Crippen molar-refractivity contribution < 1.29 is 23.1 Å². The summed E-state index contributed by atoms with van der Waals surface area (Å²) in [5, 5.41) is 5.23. The molecule has 0 unspecified atom stereocenters. The summed E-state index contributed by atoms with van der Waals surface area (Å²) in [5.41, 5.74) is 6.00. The van der Waals surface area contributed by atoms with Crippen LogP contribution in [0.15, 0.2) is 48.5 Å². The standard InChI is InChI=1S/C16H15F2N3O3/c17-16(18)24-13-8-4-3-7-12(13)21-14(22)9-20-11-6-2-1-5-10(11)15(19)23/h1-8,16,20H,9H2,(H2,19,23)(H,21,22). The monoisotopic (exact) mass is 335 g/mol. The fourth-order valence-electron chi connectivity index (χ4n) is 1.99. The lowest BCUT2D eigenvalue weighted by Crippen LogP contribution is -2.24. The van der Waals surface area contributed by atoms with Gasteiger partial charge in [-0.15, -0.1) is 0 Å². The molecule has 0 saturated heterocycles. The molecule has 24 heavy (non-hydrogen) atoms. The Morgan fingerprint density at radius 3 is 2.33 bits per heavy atom. The SMILES string of the molecule is NC(=O)c1ccccc1NCC(=O)Nc1ccccc1OC(F)F. The minimum Gasteiger partial charge on any atom is -0.433 e. The Balaban J connectivity index is 2.01. The lowest BCUT2D eigenvalue weighted by molar-refractivity contribution is -0.114. The van der Waals surface area contributed by atoms with Gasteiger partial charge >= 0.3 is 6.61 Å². The number of carbonyl (C=O) groups excluding carboxylic acids is 2. The zero-order chi connectivity index (χ0) is 17.5. The number of amides is 2. The van der Waals surface area contributed by atoms with Crippen LogP contribution in [-0.2, 0) is 4.79 Å². The number of primary amides is 1. The molecule has 0 radical (unpaired) electrons. The van der Waals surface area contributed by atoms with Gasteiger partial charge in [-0.05, 0) is 24.3 Å². The summed E-state index contributed by atoms with van der Waals surface area (Å²) >= 11 is 0. The predicted molar refractivity (Wildman–Crippen MR) is 85.2 cm³/mol. The normalized spacial score (nSPS) is 10.3. The second-order valence-corrected chi connectivity index (χ2v) is 4.69. The largest absolute Gasteiger partial charge is 0.433 e. The lowest BCUT2D eigenvalue weighted by Gasteiger charge is -2.13. The first-order valence-electron chi connectivity index (χ1n) is 6.93. The third kappa shape index (κ3) is 4.67. The van der Waals surface area contributed by atoms with Gasteiger partial charge in [0.1, 0.15) is 5.75 Å². The first-order chi connectivity index (χ1) is 11.5. The van der Waals surface area contributed by atoms with Crippen LogP contribution in [0.2, 0.25) is 0 Å². The van der Waals surface area contributed by atoms with Crippen LogP contribution >= 0.6 is 0 Å². The number of nitrogens with one attached hydrogen (secondary N) is 2. The summed E-state index contributed by atoms with van der Waals surface area (Å²) in [6, 6.07) is 12.3. The van der Waals surface area contributed by atoms with E-state index >= 15 is 0 Å². The maximum atomic E-state index is 12.3. The number of benzene rings is 2. The average molecular weight is 335 g/mol. The Morgan fingerprint density at radius 1 is 1.04 bits per heavy atom. The van der Waals surface area contributed by atoms with Crippen molar-refractivity contribution in [1.29, 1.82) is 0 Å². The van der Waals surface area contributed by atoms with E-state index in [9.17, 15) is 18.4 Å². The maximum Gasteiger partial charge on any atom is 0.387 e. The third-order valence-corrected chi connectivity index (χ3v) is 3.01. The molecule has 0 atom stereocenters. The van der Waals surface area contributed by atoms with E-state index in [0.717, 1.165) is 0 Å². The Kier molecular flexibility index (Phi) is 5.67. The summed E-state index contributed by atoms with van der Waals surface area (Å²) < 4.78 is 29.0. The van der Waals surface area contributed by atoms with Crippen molar-refractivity contribution in [1.82, 2.24) is 0 Å². The molecule has 6 nitrogen and oxygen atoms in total. The second kappa shape index (κ2) is 7.91. The fraction of sp³-hybridized carbons (Fsp3) is 0.125. The number of hydrogen-bond acceptors (Lipinski definition) is 4. The molecule has 0 fully saturated rings. The van der Waals surface area contributed by atoms with Crippen molar-refractivity contribution in [2.75, 3.05) is 17.2 Å². The number of hydrogen-bond donors (Lipinski definition) is 3. The van der Waals surface area contributed by atoms with Crippen LogP contribution in [0.25, 0.3) is 0 Å². The Hall–Kier alpha value is -3.16. The Labute approximate surface area is 136 Å². The molecule has 0 aliphatic carbocycles. The predicted octanol–water partition coefficient (Wildman–Crippen LogP) is 2.44. The molecule has 0 aliphatic heterocycles. The van der Waals surface area contributed by atoms with Crippen molar-refractivity contribution >= 4 is 23.2 Å². The molecular formula is C16H15F2N3O3. The molecule has 0 aromatic heterocycles. The maximum absolute atomic E-state index is 12.3. The smallest absolute Gasteiger partial charge is 0.387 e. The summed E-state index contributed by atoms with van der Waals surface area (Å²) in [4.78, 5) is 23.3. The van der Waals surface area contributed by atoms with E-state index in [1.807, 2.05) is 0 Å². The highest BCUT2D eigenvalue weighted by Crippen LogP contribution is 2.25. The molecule has 0 aliphatic rings. The Morgan fingerprint density at radius 2 is 1.67 bits per heavy atom. The number of ether oxygens (including phenoxy) is 1. The van der Waals surface area contributed by atoms with Crippen molar-refractivity contribution in [2.45, 2.75) is 6.61 Å². The molecule has 126 valence electrons. The molecule has 0 heterocycles. The van der Waals surface area contributed by atoms with Crippen LogP contribution in [0.5, 0.6) is 5.75 Å². The molecular weight excluding hydrogens is 320 g/mol. The van der Waals surface area contributed by atoms with Gasteiger partial charge in [0.15, 0.2) is 0 Å². The first-order valence-corrected chi connectivity index (χ1v) is 6.93. The number of nitrogens with two attached hydrogens (primary N) is 1. The van der Waals surface area contributed by atoms with Crippen molar-refractivity contribution in [2.24, 2.45) is 5.73 Å². The van der Waals surface area contributed by atoms with E-state index in [4.69, 9.17) is 5.73 Å². The Bertz CT molecular complexity index is 738. The van der Waals surface area contributed by atoms with Crippen molar-refractivity contribution in [3.05, 3.63) is 54.1 Å². The molecule has 2 aromatic rings. The number of carbonyl (C=O) groups is 2. The van der Waals surface area contributed by atoms with E-state index < -0.39 is 18.4 Å². The number of rotatable bonds is 7. The highest BCUT2D eigenvalue weighted by molar-refractivity contribution is 6.00. The van der Waals surface area contributed by atoms with Gasteiger partial charge in [0.2, 0.25) is 5.91 Å². The van der Waals surface area contributed by atoms with E-state index in [-0.39, 0.29) is 23.5 Å².